The van der Waals surface area contributed by atoms with Crippen LogP contribution in [0.25, 0.3) is 11.8 Å². The van der Waals surface area contributed by atoms with Crippen LogP contribution in [0.1, 0.15) is 68.9 Å². The molecule has 2 heterocycles. The van der Waals surface area contributed by atoms with Crippen LogP contribution in [-0.2, 0) is 0 Å². The second-order valence-electron chi connectivity index (χ2n) is 10.9. The lowest BCUT2D eigenvalue weighted by molar-refractivity contribution is 0.237. The molecule has 0 amide bonds. The third-order valence-corrected chi connectivity index (χ3v) is 8.53. The van der Waals surface area contributed by atoms with E-state index < -0.39 is 0 Å². The predicted octanol–water partition coefficient (Wildman–Crippen LogP) is 6.63. The Labute approximate surface area is 218 Å². The Balaban J connectivity index is 1.35. The highest BCUT2D eigenvalue weighted by Crippen LogP contribution is 2.33. The number of nitrogens with zero attached hydrogens (tertiary/aromatic N) is 3. The van der Waals surface area contributed by atoms with E-state index in [1.165, 1.54) is 51.5 Å². The summed E-state index contributed by atoms with van der Waals surface area (Å²) in [6, 6.07) is 3.68. The van der Waals surface area contributed by atoms with Crippen LogP contribution in [0.4, 0.5) is 10.1 Å². The first-order chi connectivity index (χ1) is 17.4. The van der Waals surface area contributed by atoms with Crippen molar-refractivity contribution in [2.24, 2.45) is 5.92 Å². The van der Waals surface area contributed by atoms with Gasteiger partial charge >= 0.3 is 0 Å². The zero-order valence-corrected chi connectivity index (χ0v) is 22.3. The highest BCUT2D eigenvalue weighted by atomic mass is 19.1. The number of anilines is 1. The lowest BCUT2D eigenvalue weighted by Crippen LogP contribution is -2.47. The monoisotopic (exact) mass is 492 g/mol. The molecule has 1 aromatic carbocycles. The minimum Gasteiger partial charge on any atom is -0.367 e. The first-order valence-electron chi connectivity index (χ1n) is 13.9. The van der Waals surface area contributed by atoms with E-state index in [0.29, 0.717) is 5.69 Å². The maximum absolute atomic E-state index is 15.5. The first kappa shape index (κ1) is 26.5. The Kier molecular flexibility index (Phi) is 8.95. The van der Waals surface area contributed by atoms with Gasteiger partial charge in [-0.1, -0.05) is 64.5 Å². The summed E-state index contributed by atoms with van der Waals surface area (Å²) in [5.41, 5.74) is 5.04. The van der Waals surface area contributed by atoms with Gasteiger partial charge in [0.15, 0.2) is 0 Å². The lowest BCUT2D eigenvalue weighted by Gasteiger charge is -2.38. The predicted molar refractivity (Wildman–Crippen MR) is 152 cm³/mol. The molecule has 4 nitrogen and oxygen atoms in total. The van der Waals surface area contributed by atoms with E-state index in [0.717, 1.165) is 73.2 Å². The SMILES string of the molecule is C=Cc1cc(N2CCN(CCCC3CCCCC3)CC2)c(F)cc1C(=C)N(C)C1CCC(=C)NC1=C. The molecule has 0 bridgehead atoms. The number of piperazine rings is 1. The van der Waals surface area contributed by atoms with Gasteiger partial charge in [0.25, 0.3) is 0 Å². The highest BCUT2D eigenvalue weighted by Gasteiger charge is 2.26. The number of halogens is 1. The Morgan fingerprint density at radius 1 is 1.11 bits per heavy atom. The highest BCUT2D eigenvalue weighted by molar-refractivity contribution is 5.75. The zero-order valence-electron chi connectivity index (χ0n) is 22.3. The smallest absolute Gasteiger partial charge is 0.147 e. The number of hydrogen-bond donors (Lipinski definition) is 1. The van der Waals surface area contributed by atoms with Gasteiger partial charge in [-0.2, -0.15) is 0 Å². The van der Waals surface area contributed by atoms with Crippen molar-refractivity contribution in [1.82, 2.24) is 15.1 Å². The third kappa shape index (κ3) is 6.23. The number of hydrogen-bond acceptors (Lipinski definition) is 4. The second kappa shape index (κ2) is 12.1. The number of piperidine rings is 1. The van der Waals surface area contributed by atoms with E-state index >= 15 is 4.39 Å². The molecule has 36 heavy (non-hydrogen) atoms. The average molecular weight is 493 g/mol. The van der Waals surface area contributed by atoms with Crippen molar-refractivity contribution >= 4 is 17.5 Å². The molecule has 0 spiro atoms. The number of rotatable bonds is 9. The second-order valence-corrected chi connectivity index (χ2v) is 10.9. The van der Waals surface area contributed by atoms with Crippen LogP contribution < -0.4 is 10.2 Å². The van der Waals surface area contributed by atoms with Gasteiger partial charge in [-0.05, 0) is 55.8 Å². The molecular formula is C31H45FN4. The number of benzene rings is 1. The van der Waals surface area contributed by atoms with Crippen molar-refractivity contribution in [3.63, 3.8) is 0 Å². The molecule has 1 atom stereocenters. The van der Waals surface area contributed by atoms with Crippen molar-refractivity contribution in [2.45, 2.75) is 63.8 Å². The van der Waals surface area contributed by atoms with Gasteiger partial charge in [0.2, 0.25) is 0 Å². The summed E-state index contributed by atoms with van der Waals surface area (Å²) in [6.07, 6.45) is 13.4. The normalized spacial score (nSPS) is 21.8. The van der Waals surface area contributed by atoms with Crippen LogP contribution in [0.2, 0.25) is 0 Å². The molecule has 1 N–H and O–H groups in total. The standard InChI is InChI=1S/C31H45FN4/c1-6-27-21-31(36-19-17-35(18-20-36)16-10-13-26-11-8-7-9-12-26)29(32)22-28(27)25(4)34(5)30-15-14-23(2)33-24(30)3/h6,21-22,26,30,33H,1-4,7-20H2,5H3. The molecule has 1 aromatic rings. The number of likely N-dealkylation sites (N-methyl/N-ethyl adjacent to an activating group) is 1. The number of allylic oxidation sites excluding steroid dienone is 1. The molecule has 5 heteroatoms. The Hall–Kier alpha value is -2.53. The van der Waals surface area contributed by atoms with E-state index in [4.69, 9.17) is 0 Å². The maximum atomic E-state index is 15.5. The molecule has 1 aliphatic carbocycles. The third-order valence-electron chi connectivity index (χ3n) is 8.53. The molecule has 3 aliphatic rings. The number of nitrogens with one attached hydrogen (secondary N) is 1. The van der Waals surface area contributed by atoms with E-state index in [9.17, 15) is 0 Å². The Morgan fingerprint density at radius 2 is 1.83 bits per heavy atom. The van der Waals surface area contributed by atoms with Crippen LogP contribution in [-0.4, -0.2) is 55.6 Å². The molecule has 2 aliphatic heterocycles. The topological polar surface area (TPSA) is 21.8 Å². The maximum Gasteiger partial charge on any atom is 0.147 e. The first-order valence-corrected chi connectivity index (χ1v) is 13.9. The Morgan fingerprint density at radius 3 is 2.50 bits per heavy atom. The Bertz CT molecular complexity index is 969. The minimum atomic E-state index is -0.190. The largest absolute Gasteiger partial charge is 0.367 e. The summed E-state index contributed by atoms with van der Waals surface area (Å²) in [5.74, 6) is 0.760. The molecule has 4 rings (SSSR count). The van der Waals surface area contributed by atoms with Crippen LogP contribution in [0, 0.1) is 11.7 Å². The molecular weight excluding hydrogens is 447 g/mol. The van der Waals surface area contributed by atoms with E-state index in [-0.39, 0.29) is 11.9 Å². The summed E-state index contributed by atoms with van der Waals surface area (Å²) in [7, 11) is 2.00. The van der Waals surface area contributed by atoms with Crippen LogP contribution >= 0.6 is 0 Å². The van der Waals surface area contributed by atoms with E-state index in [1.54, 1.807) is 6.07 Å². The van der Waals surface area contributed by atoms with Gasteiger partial charge in [-0.3, -0.25) is 4.90 Å². The summed E-state index contributed by atoms with van der Waals surface area (Å²) in [5, 5.41) is 3.26. The van der Waals surface area contributed by atoms with Crippen LogP contribution in [0.3, 0.4) is 0 Å². The quantitative estimate of drug-likeness (QED) is 0.417. The summed E-state index contributed by atoms with van der Waals surface area (Å²) in [4.78, 5) is 6.83. The van der Waals surface area contributed by atoms with Gasteiger partial charge in [0.05, 0.1) is 11.7 Å². The van der Waals surface area contributed by atoms with Gasteiger partial charge in [-0.25, -0.2) is 4.39 Å². The molecule has 2 saturated heterocycles. The van der Waals surface area contributed by atoms with Crippen molar-refractivity contribution < 1.29 is 4.39 Å². The van der Waals surface area contributed by atoms with E-state index in [1.807, 2.05) is 19.2 Å². The van der Waals surface area contributed by atoms with Crippen molar-refractivity contribution in [1.29, 1.82) is 0 Å². The molecule has 1 unspecified atom stereocenters. The van der Waals surface area contributed by atoms with Crippen molar-refractivity contribution in [3.8, 4) is 0 Å². The fraction of sp³-hybridized carbons (Fsp3) is 0.548. The fourth-order valence-corrected chi connectivity index (χ4v) is 6.19. The van der Waals surface area contributed by atoms with Gasteiger partial charge in [-0.15, -0.1) is 0 Å². The molecule has 0 radical (unpaired) electrons. The fourth-order valence-electron chi connectivity index (χ4n) is 6.19. The summed E-state index contributed by atoms with van der Waals surface area (Å²) in [6.45, 7) is 21.4. The zero-order chi connectivity index (χ0) is 25.7. The van der Waals surface area contributed by atoms with E-state index in [2.05, 4.69) is 46.3 Å². The summed E-state index contributed by atoms with van der Waals surface area (Å²) >= 11 is 0. The molecule has 3 fully saturated rings. The van der Waals surface area contributed by atoms with Crippen molar-refractivity contribution in [3.05, 3.63) is 66.8 Å². The molecule has 0 aromatic heterocycles. The van der Waals surface area contributed by atoms with Gasteiger partial charge < -0.3 is 15.1 Å². The van der Waals surface area contributed by atoms with Crippen molar-refractivity contribution in [2.75, 3.05) is 44.7 Å². The van der Waals surface area contributed by atoms with Gasteiger partial charge in [0.1, 0.15) is 5.82 Å². The van der Waals surface area contributed by atoms with Crippen LogP contribution in [0.15, 0.2) is 49.8 Å². The summed E-state index contributed by atoms with van der Waals surface area (Å²) < 4.78 is 15.5. The molecule has 1 saturated carbocycles. The van der Waals surface area contributed by atoms with Crippen LogP contribution in [0.5, 0.6) is 0 Å². The molecule has 196 valence electrons. The lowest BCUT2D eigenvalue weighted by atomic mass is 9.86. The average Bonchev–Trinajstić information content (AvgIpc) is 2.89. The minimum absolute atomic E-state index is 0.0922. The van der Waals surface area contributed by atoms with Gasteiger partial charge in [0, 0.05) is 55.9 Å².